The lowest BCUT2D eigenvalue weighted by atomic mass is 10.7. The second-order valence-electron chi connectivity index (χ2n) is 0.816. The molecular weight excluding hydrogens is 80.0 g/mol. The summed E-state index contributed by atoms with van der Waals surface area (Å²) in [6, 6.07) is 0. The lowest BCUT2D eigenvalue weighted by Crippen LogP contribution is -2.16. The molecule has 0 aliphatic carbocycles. The van der Waals surface area contributed by atoms with Crippen molar-refractivity contribution in [3.8, 4) is 0 Å². The molecule has 0 fully saturated rings. The molecular formula is C3H4N2O+. The van der Waals surface area contributed by atoms with Crippen molar-refractivity contribution in [2.75, 3.05) is 0 Å². The number of nitrogens with zero attached hydrogens (tertiary/aromatic N) is 1. The minimum absolute atomic E-state index is 1.51. The van der Waals surface area contributed by atoms with E-state index in [0.717, 1.165) is 0 Å². The molecule has 0 atom stereocenters. The summed E-state index contributed by atoms with van der Waals surface area (Å²) in [5.74, 6) is 0. The first-order chi connectivity index (χ1) is 3.00. The van der Waals surface area contributed by atoms with Gasteiger partial charge in [0, 0.05) is 5.59 Å². The molecule has 0 aromatic carbocycles. The van der Waals surface area contributed by atoms with Gasteiger partial charge < -0.3 is 4.84 Å². The molecule has 31 valence electrons. The first-order valence-electron chi connectivity index (χ1n) is 1.59. The molecule has 3 heteroatoms. The zero-order chi connectivity index (χ0) is 4.24. The van der Waals surface area contributed by atoms with Crippen LogP contribution >= 0.6 is 0 Å². The Kier molecular flexibility index (Phi) is 0.774. The Bertz CT molecular complexity index is 74.8. The molecule has 1 rings (SSSR count). The van der Waals surface area contributed by atoms with Gasteiger partial charge >= 0.3 is 0 Å². The SMILES string of the molecule is C1=CON[N+]=C1. The van der Waals surface area contributed by atoms with Crippen LogP contribution in [0.2, 0.25) is 0 Å². The highest BCUT2D eigenvalue weighted by atomic mass is 16.7. The molecule has 1 aliphatic heterocycles. The van der Waals surface area contributed by atoms with Gasteiger partial charge in [-0.05, 0) is 0 Å². The van der Waals surface area contributed by atoms with Gasteiger partial charge in [0.25, 0.3) is 6.21 Å². The fourth-order valence-electron chi connectivity index (χ4n) is 0.209. The van der Waals surface area contributed by atoms with E-state index >= 15 is 0 Å². The standard InChI is InChI=1S/C3H4N2O/c1-2-4-5-6-3-1/h1-3,5H/q+1. The highest BCUT2D eigenvalue weighted by Gasteiger charge is 1.88. The number of hydrogen-bond donors (Lipinski definition) is 1. The molecule has 0 amide bonds. The van der Waals surface area contributed by atoms with Crippen LogP contribution in [0.1, 0.15) is 0 Å². The molecule has 0 aromatic rings. The first-order valence-corrected chi connectivity index (χ1v) is 1.59. The maximum Gasteiger partial charge on any atom is 0.281 e. The summed E-state index contributed by atoms with van der Waals surface area (Å²) in [6.45, 7) is 0. The number of nitrogens with one attached hydrogen (secondary N) is 1. The Labute approximate surface area is 35.3 Å². The average molecular weight is 84.1 g/mol. The van der Waals surface area contributed by atoms with Crippen LogP contribution in [0, 0.1) is 0 Å². The van der Waals surface area contributed by atoms with Crippen LogP contribution in [-0.4, -0.2) is 6.21 Å². The lowest BCUT2D eigenvalue weighted by Gasteiger charge is -1.83. The van der Waals surface area contributed by atoms with Gasteiger partial charge in [-0.1, -0.05) is 0 Å². The average Bonchev–Trinajstić information content (AvgIpc) is 1.72. The molecule has 0 saturated heterocycles. The van der Waals surface area contributed by atoms with Crippen LogP contribution in [0.15, 0.2) is 12.3 Å². The molecule has 3 nitrogen and oxygen atoms in total. The Morgan fingerprint density at radius 3 is 2.83 bits per heavy atom. The molecule has 0 unspecified atom stereocenters. The fraction of sp³-hybridized carbons (Fsp3) is 0. The van der Waals surface area contributed by atoms with Crippen LogP contribution in [0.5, 0.6) is 0 Å². The van der Waals surface area contributed by atoms with Gasteiger partial charge in [0.15, 0.2) is 0 Å². The topological polar surface area (TPSA) is 35.4 Å². The molecule has 0 aromatic heterocycles. The minimum Gasteiger partial charge on any atom is -0.338 e. The first kappa shape index (κ1) is 3.21. The highest BCUT2D eigenvalue weighted by molar-refractivity contribution is 5.69. The zero-order valence-electron chi connectivity index (χ0n) is 3.09. The summed E-state index contributed by atoms with van der Waals surface area (Å²) >= 11 is 0. The minimum atomic E-state index is 1.51. The number of rotatable bonds is 0. The second kappa shape index (κ2) is 1.45. The molecule has 0 bridgehead atoms. The molecule has 1 radical (unpaired) electrons. The van der Waals surface area contributed by atoms with E-state index in [1.165, 1.54) is 6.26 Å². The summed E-state index contributed by atoms with van der Waals surface area (Å²) < 4.78 is 0. The molecule has 6 heavy (non-hydrogen) atoms. The summed E-state index contributed by atoms with van der Waals surface area (Å²) in [7, 11) is 0. The third-order valence-electron chi connectivity index (χ3n) is 0.413. The van der Waals surface area contributed by atoms with Gasteiger partial charge in [-0.3, -0.25) is 0 Å². The van der Waals surface area contributed by atoms with Gasteiger partial charge in [0.05, 0.1) is 6.08 Å². The van der Waals surface area contributed by atoms with E-state index in [1.807, 2.05) is 0 Å². The van der Waals surface area contributed by atoms with E-state index in [9.17, 15) is 0 Å². The second-order valence-corrected chi connectivity index (χ2v) is 0.816. The van der Waals surface area contributed by atoms with Crippen LogP contribution < -0.4 is 10.7 Å². The molecule has 0 spiro atoms. The van der Waals surface area contributed by atoms with Gasteiger partial charge in [0.2, 0.25) is 5.10 Å². The van der Waals surface area contributed by atoms with Gasteiger partial charge in [-0.2, -0.15) is 0 Å². The number of allylic oxidation sites excluding steroid dienone is 1. The molecule has 1 N–H and O–H groups in total. The quantitative estimate of drug-likeness (QED) is 0.423. The Morgan fingerprint density at radius 2 is 2.67 bits per heavy atom. The Morgan fingerprint density at radius 1 is 1.67 bits per heavy atom. The van der Waals surface area contributed by atoms with Gasteiger partial charge in [-0.25, -0.2) is 0 Å². The summed E-state index contributed by atoms with van der Waals surface area (Å²) in [5, 5.41) is 3.49. The Balaban J connectivity index is 2.46. The predicted molar refractivity (Wildman–Crippen MR) is 21.6 cm³/mol. The van der Waals surface area contributed by atoms with Crippen molar-refractivity contribution in [3.05, 3.63) is 12.3 Å². The molecule has 0 saturated carbocycles. The van der Waals surface area contributed by atoms with Crippen molar-refractivity contribution in [3.63, 3.8) is 0 Å². The summed E-state index contributed by atoms with van der Waals surface area (Å²) in [4.78, 5) is 4.44. The van der Waals surface area contributed by atoms with Gasteiger partial charge in [-0.15, -0.1) is 0 Å². The van der Waals surface area contributed by atoms with E-state index in [1.54, 1.807) is 12.3 Å². The van der Waals surface area contributed by atoms with Crippen LogP contribution in [0.4, 0.5) is 0 Å². The largest absolute Gasteiger partial charge is 0.338 e. The smallest absolute Gasteiger partial charge is 0.281 e. The van der Waals surface area contributed by atoms with Crippen molar-refractivity contribution in [1.29, 1.82) is 0 Å². The normalized spacial score (nSPS) is 16.0. The maximum absolute atomic E-state index is 4.44. The van der Waals surface area contributed by atoms with Crippen LogP contribution in [0.3, 0.4) is 0 Å². The van der Waals surface area contributed by atoms with E-state index < -0.39 is 0 Å². The molecule has 1 aliphatic rings. The zero-order valence-corrected chi connectivity index (χ0v) is 3.09. The summed E-state index contributed by atoms with van der Waals surface area (Å²) in [5.41, 5.74) is 2.27. The third-order valence-corrected chi connectivity index (χ3v) is 0.413. The van der Waals surface area contributed by atoms with E-state index in [-0.39, 0.29) is 0 Å². The van der Waals surface area contributed by atoms with Crippen molar-refractivity contribution < 1.29 is 4.84 Å². The summed E-state index contributed by atoms with van der Waals surface area (Å²) in [6.07, 6.45) is 4.80. The number of hydrogen-bond acceptors (Lipinski definition) is 3. The van der Waals surface area contributed by atoms with E-state index in [4.69, 9.17) is 0 Å². The third kappa shape index (κ3) is 0.484. The van der Waals surface area contributed by atoms with Crippen molar-refractivity contribution in [2.24, 2.45) is 0 Å². The number of hydrazone groups is 1. The predicted octanol–water partition coefficient (Wildman–Crippen LogP) is -0.644. The monoisotopic (exact) mass is 84.0 g/mol. The lowest BCUT2D eigenvalue weighted by molar-refractivity contribution is 0.117. The van der Waals surface area contributed by atoms with Crippen molar-refractivity contribution >= 4 is 6.21 Å². The van der Waals surface area contributed by atoms with E-state index in [0.29, 0.717) is 0 Å². The van der Waals surface area contributed by atoms with Gasteiger partial charge in [0.1, 0.15) is 6.26 Å². The Hall–Kier alpha value is -0.990. The van der Waals surface area contributed by atoms with E-state index in [2.05, 4.69) is 15.5 Å². The fourth-order valence-corrected chi connectivity index (χ4v) is 0.209. The van der Waals surface area contributed by atoms with Crippen LogP contribution in [-0.2, 0) is 4.84 Å². The van der Waals surface area contributed by atoms with Crippen molar-refractivity contribution in [2.45, 2.75) is 0 Å². The maximum atomic E-state index is 4.44. The van der Waals surface area contributed by atoms with Crippen molar-refractivity contribution in [1.82, 2.24) is 10.7 Å². The highest BCUT2D eigenvalue weighted by Crippen LogP contribution is 1.68. The molecule has 1 heterocycles. The van der Waals surface area contributed by atoms with Crippen LogP contribution in [0.25, 0.3) is 0 Å².